The Balaban J connectivity index is 1.73. The molecule has 0 saturated carbocycles. The summed E-state index contributed by atoms with van der Waals surface area (Å²) in [6.07, 6.45) is 1.48. The zero-order valence-corrected chi connectivity index (χ0v) is 11.0. The lowest BCUT2D eigenvalue weighted by molar-refractivity contribution is -0.123. The van der Waals surface area contributed by atoms with E-state index in [1.54, 1.807) is 23.5 Å². The molecule has 5 nitrogen and oxygen atoms in total. The molecular weight excluding hydrogens is 264 g/mol. The fourth-order valence-electron chi connectivity index (χ4n) is 1.39. The van der Waals surface area contributed by atoms with Gasteiger partial charge in [0.2, 0.25) is 0 Å². The Kier molecular flexibility index (Phi) is 4.88. The lowest BCUT2D eigenvalue weighted by Gasteiger charge is -2.06. The van der Waals surface area contributed by atoms with Crippen molar-refractivity contribution in [1.29, 1.82) is 0 Å². The summed E-state index contributed by atoms with van der Waals surface area (Å²) in [6.45, 7) is 0.356. The van der Waals surface area contributed by atoms with E-state index in [-0.39, 0.29) is 19.1 Å². The molecule has 19 heavy (non-hydrogen) atoms. The van der Waals surface area contributed by atoms with Crippen LogP contribution in [0.3, 0.4) is 0 Å². The van der Waals surface area contributed by atoms with Crippen LogP contribution in [0.4, 0.5) is 0 Å². The summed E-state index contributed by atoms with van der Waals surface area (Å²) in [5.74, 6) is 0.322. The molecule has 0 aromatic carbocycles. The van der Waals surface area contributed by atoms with Gasteiger partial charge in [0.15, 0.2) is 6.61 Å². The van der Waals surface area contributed by atoms with Crippen LogP contribution in [-0.4, -0.2) is 22.6 Å². The van der Waals surface area contributed by atoms with Crippen LogP contribution in [0, 0.1) is 0 Å². The van der Waals surface area contributed by atoms with Crippen molar-refractivity contribution in [2.45, 2.75) is 13.2 Å². The number of ether oxygens (including phenoxy) is 1. The monoisotopic (exact) mass is 278 g/mol. The van der Waals surface area contributed by atoms with E-state index in [0.29, 0.717) is 18.0 Å². The lowest BCUT2D eigenvalue weighted by Crippen LogP contribution is -2.28. The van der Waals surface area contributed by atoms with E-state index in [1.165, 1.54) is 6.20 Å². The van der Waals surface area contributed by atoms with E-state index < -0.39 is 0 Å². The summed E-state index contributed by atoms with van der Waals surface area (Å²) in [5, 5.41) is 13.6. The van der Waals surface area contributed by atoms with Gasteiger partial charge in [0, 0.05) is 4.88 Å². The Bertz CT molecular complexity index is 511. The summed E-state index contributed by atoms with van der Waals surface area (Å²) >= 11 is 1.59. The van der Waals surface area contributed by atoms with E-state index in [9.17, 15) is 4.79 Å². The number of nitrogens with zero attached hydrogens (tertiary/aromatic N) is 1. The first-order valence-corrected chi connectivity index (χ1v) is 6.63. The molecule has 100 valence electrons. The zero-order chi connectivity index (χ0) is 13.5. The van der Waals surface area contributed by atoms with Crippen LogP contribution in [0.15, 0.2) is 35.8 Å². The van der Waals surface area contributed by atoms with Gasteiger partial charge < -0.3 is 15.2 Å². The first-order chi connectivity index (χ1) is 9.28. The minimum absolute atomic E-state index is 0.0501. The molecule has 0 atom stereocenters. The molecule has 2 N–H and O–H groups in total. The molecule has 2 heterocycles. The van der Waals surface area contributed by atoms with Crippen LogP contribution in [0.1, 0.15) is 10.6 Å². The predicted octanol–water partition coefficient (Wildman–Crippen LogP) is 1.33. The first-order valence-electron chi connectivity index (χ1n) is 5.75. The number of aliphatic hydroxyl groups excluding tert-OH is 1. The quantitative estimate of drug-likeness (QED) is 0.836. The molecule has 0 saturated heterocycles. The summed E-state index contributed by atoms with van der Waals surface area (Å²) in [5.41, 5.74) is 0.564. The molecule has 2 aromatic rings. The molecule has 1 amide bonds. The van der Waals surface area contributed by atoms with E-state index in [4.69, 9.17) is 9.84 Å². The smallest absolute Gasteiger partial charge is 0.258 e. The highest BCUT2D eigenvalue weighted by atomic mass is 32.1. The Labute approximate surface area is 114 Å². The van der Waals surface area contributed by atoms with Gasteiger partial charge in [-0.1, -0.05) is 6.07 Å². The molecule has 0 aliphatic carbocycles. The van der Waals surface area contributed by atoms with Gasteiger partial charge in [0.1, 0.15) is 5.75 Å². The summed E-state index contributed by atoms with van der Waals surface area (Å²) in [4.78, 5) is 16.6. The number of aromatic nitrogens is 1. The van der Waals surface area contributed by atoms with Gasteiger partial charge in [-0.05, 0) is 23.6 Å². The van der Waals surface area contributed by atoms with Gasteiger partial charge in [-0.25, -0.2) is 0 Å². The molecule has 0 unspecified atom stereocenters. The largest absolute Gasteiger partial charge is 0.482 e. The number of pyridine rings is 1. The van der Waals surface area contributed by atoms with Crippen molar-refractivity contribution in [3.05, 3.63) is 46.4 Å². The minimum Gasteiger partial charge on any atom is -0.482 e. The number of rotatable bonds is 6. The van der Waals surface area contributed by atoms with Gasteiger partial charge in [-0.3, -0.25) is 9.78 Å². The van der Waals surface area contributed by atoms with Crippen molar-refractivity contribution in [1.82, 2.24) is 10.3 Å². The standard InChI is InChI=1S/C13H14N2O3S/c16-8-10-3-4-11(6-14-10)18-9-13(17)15-7-12-2-1-5-19-12/h1-6,16H,7-9H2,(H,15,17). The van der Waals surface area contributed by atoms with Crippen molar-refractivity contribution < 1.29 is 14.6 Å². The maximum atomic E-state index is 11.5. The average molecular weight is 278 g/mol. The normalized spacial score (nSPS) is 10.2. The third-order valence-electron chi connectivity index (χ3n) is 2.37. The second-order valence-electron chi connectivity index (χ2n) is 3.79. The lowest BCUT2D eigenvalue weighted by atomic mass is 10.3. The van der Waals surface area contributed by atoms with Gasteiger partial charge in [0.05, 0.1) is 25.0 Å². The molecule has 2 aromatic heterocycles. The summed E-state index contributed by atoms with van der Waals surface area (Å²) in [7, 11) is 0. The fourth-order valence-corrected chi connectivity index (χ4v) is 2.03. The number of carbonyl (C=O) groups is 1. The first kappa shape index (κ1) is 13.5. The average Bonchev–Trinajstić information content (AvgIpc) is 2.96. The highest BCUT2D eigenvalue weighted by Crippen LogP contribution is 2.09. The van der Waals surface area contributed by atoms with Crippen LogP contribution in [0.5, 0.6) is 5.75 Å². The van der Waals surface area contributed by atoms with Crippen LogP contribution in [0.25, 0.3) is 0 Å². The summed E-state index contributed by atoms with van der Waals surface area (Å²) < 4.78 is 5.28. The van der Waals surface area contributed by atoms with E-state index in [1.807, 2.05) is 17.5 Å². The topological polar surface area (TPSA) is 71.5 Å². The molecule has 2 rings (SSSR count). The highest BCUT2D eigenvalue weighted by molar-refractivity contribution is 7.09. The number of thiophene rings is 1. The van der Waals surface area contributed by atoms with Crippen molar-refractivity contribution >= 4 is 17.2 Å². The van der Waals surface area contributed by atoms with Gasteiger partial charge in [0.25, 0.3) is 5.91 Å². The maximum Gasteiger partial charge on any atom is 0.258 e. The molecular formula is C13H14N2O3S. The minimum atomic E-state index is -0.181. The van der Waals surface area contributed by atoms with E-state index in [0.717, 1.165) is 4.88 Å². The van der Waals surface area contributed by atoms with Crippen LogP contribution < -0.4 is 10.1 Å². The van der Waals surface area contributed by atoms with E-state index in [2.05, 4.69) is 10.3 Å². The SMILES string of the molecule is O=C(COc1ccc(CO)nc1)NCc1cccs1. The van der Waals surface area contributed by atoms with Crippen LogP contribution in [0.2, 0.25) is 0 Å². The molecule has 0 aliphatic heterocycles. The Morgan fingerprint density at radius 1 is 1.42 bits per heavy atom. The summed E-state index contributed by atoms with van der Waals surface area (Å²) in [6, 6.07) is 7.23. The maximum absolute atomic E-state index is 11.5. The number of hydrogen-bond donors (Lipinski definition) is 2. The molecule has 0 radical (unpaired) electrons. The predicted molar refractivity (Wildman–Crippen MR) is 71.8 cm³/mol. The van der Waals surface area contributed by atoms with Crippen molar-refractivity contribution in [2.75, 3.05) is 6.61 Å². The third-order valence-corrected chi connectivity index (χ3v) is 3.25. The van der Waals surface area contributed by atoms with E-state index >= 15 is 0 Å². The number of nitrogens with one attached hydrogen (secondary N) is 1. The molecule has 0 spiro atoms. The number of hydrogen-bond acceptors (Lipinski definition) is 5. The second-order valence-corrected chi connectivity index (χ2v) is 4.82. The van der Waals surface area contributed by atoms with Gasteiger partial charge in [-0.2, -0.15) is 0 Å². The number of aliphatic hydroxyl groups is 1. The molecule has 0 aliphatic rings. The number of carbonyl (C=O) groups excluding carboxylic acids is 1. The third kappa shape index (κ3) is 4.35. The molecule has 0 bridgehead atoms. The van der Waals surface area contributed by atoms with Crippen molar-refractivity contribution in [2.24, 2.45) is 0 Å². The van der Waals surface area contributed by atoms with Crippen molar-refractivity contribution in [3.8, 4) is 5.75 Å². The fraction of sp³-hybridized carbons (Fsp3) is 0.231. The Morgan fingerprint density at radius 3 is 2.95 bits per heavy atom. The Hall–Kier alpha value is -1.92. The van der Waals surface area contributed by atoms with Gasteiger partial charge >= 0.3 is 0 Å². The second kappa shape index (κ2) is 6.86. The number of amides is 1. The molecule has 6 heteroatoms. The highest BCUT2D eigenvalue weighted by Gasteiger charge is 2.03. The van der Waals surface area contributed by atoms with Crippen molar-refractivity contribution in [3.63, 3.8) is 0 Å². The van der Waals surface area contributed by atoms with Crippen LogP contribution in [-0.2, 0) is 17.9 Å². The zero-order valence-electron chi connectivity index (χ0n) is 10.2. The molecule has 0 fully saturated rings. The van der Waals surface area contributed by atoms with Crippen LogP contribution >= 0.6 is 11.3 Å². The Morgan fingerprint density at radius 2 is 2.32 bits per heavy atom. The van der Waals surface area contributed by atoms with Gasteiger partial charge in [-0.15, -0.1) is 11.3 Å².